The van der Waals surface area contributed by atoms with E-state index in [0.29, 0.717) is 12.6 Å². The molecule has 9 heteroatoms. The summed E-state index contributed by atoms with van der Waals surface area (Å²) in [6, 6.07) is 10.8. The SMILES string of the molecule is CC.CC.CC.CCCC.CN(CCNc1ccccc1)S(=O)(=O)c1cc(Br)c(F)cc1F.P. The highest BCUT2D eigenvalue weighted by Crippen LogP contribution is 2.25. The number of hydrogen-bond acceptors (Lipinski definition) is 3. The van der Waals surface area contributed by atoms with Crippen LogP contribution in [-0.4, -0.2) is 32.9 Å². The van der Waals surface area contributed by atoms with Gasteiger partial charge in [0, 0.05) is 31.9 Å². The Hall–Kier alpha value is -1.08. The first-order valence-corrected chi connectivity index (χ1v) is 13.9. The van der Waals surface area contributed by atoms with Crippen LogP contribution in [0.5, 0.6) is 0 Å². The Bertz CT molecular complexity index is 825. The summed E-state index contributed by atoms with van der Waals surface area (Å²) in [5.74, 6) is -1.97. The summed E-state index contributed by atoms with van der Waals surface area (Å²) < 4.78 is 52.7. The molecule has 2 aromatic carbocycles. The molecule has 0 saturated heterocycles. The van der Waals surface area contributed by atoms with E-state index in [1.54, 1.807) is 0 Å². The van der Waals surface area contributed by atoms with Crippen molar-refractivity contribution in [1.29, 1.82) is 0 Å². The summed E-state index contributed by atoms with van der Waals surface area (Å²) >= 11 is 2.87. The highest BCUT2D eigenvalue weighted by molar-refractivity contribution is 9.10. The van der Waals surface area contributed by atoms with E-state index in [-0.39, 0.29) is 20.9 Å². The Morgan fingerprint density at radius 3 is 1.79 bits per heavy atom. The number of unbranched alkanes of at least 4 members (excludes halogenated alkanes) is 1. The van der Waals surface area contributed by atoms with Crippen molar-refractivity contribution in [2.75, 3.05) is 25.5 Å². The summed E-state index contributed by atoms with van der Waals surface area (Å²) in [6.45, 7) is 16.8. The molecule has 0 saturated carbocycles. The number of hydrogen-bond donors (Lipinski definition) is 1. The fourth-order valence-corrected chi connectivity index (χ4v) is 3.64. The van der Waals surface area contributed by atoms with E-state index >= 15 is 0 Å². The van der Waals surface area contributed by atoms with E-state index in [1.807, 2.05) is 71.9 Å². The number of anilines is 1. The van der Waals surface area contributed by atoms with Crippen LogP contribution < -0.4 is 5.32 Å². The zero-order valence-corrected chi connectivity index (χ0v) is 26.2. The summed E-state index contributed by atoms with van der Waals surface area (Å²) in [5.41, 5.74) is 0.856. The van der Waals surface area contributed by atoms with Crippen molar-refractivity contribution in [3.05, 3.63) is 58.6 Å². The van der Waals surface area contributed by atoms with Gasteiger partial charge in [-0.3, -0.25) is 0 Å². The Morgan fingerprint density at radius 1 is 0.882 bits per heavy atom. The van der Waals surface area contributed by atoms with Gasteiger partial charge >= 0.3 is 0 Å². The third-order valence-corrected chi connectivity index (χ3v) is 6.17. The second-order valence-electron chi connectivity index (χ2n) is 5.82. The van der Waals surface area contributed by atoms with E-state index in [2.05, 4.69) is 35.1 Å². The fraction of sp³-hybridized carbons (Fsp3) is 0.520. The lowest BCUT2D eigenvalue weighted by Crippen LogP contribution is -2.32. The van der Waals surface area contributed by atoms with E-state index in [1.165, 1.54) is 19.9 Å². The maximum absolute atomic E-state index is 13.8. The van der Waals surface area contributed by atoms with Gasteiger partial charge in [0.25, 0.3) is 0 Å². The third-order valence-electron chi connectivity index (χ3n) is 3.69. The van der Waals surface area contributed by atoms with Gasteiger partial charge in [0.1, 0.15) is 16.5 Å². The molecule has 1 N–H and O–H groups in total. The zero-order chi connectivity index (χ0) is 26.4. The third kappa shape index (κ3) is 15.8. The molecule has 0 aliphatic heterocycles. The molecule has 0 aromatic heterocycles. The van der Waals surface area contributed by atoms with Gasteiger partial charge in [0.2, 0.25) is 10.0 Å². The minimum atomic E-state index is -4.04. The van der Waals surface area contributed by atoms with Crippen LogP contribution in [0.2, 0.25) is 0 Å². The topological polar surface area (TPSA) is 49.4 Å². The van der Waals surface area contributed by atoms with Crippen LogP contribution in [0, 0.1) is 11.6 Å². The molecule has 2 rings (SSSR count). The average Bonchev–Trinajstić information content (AvgIpc) is 2.85. The molecular weight excluding hydrogens is 541 g/mol. The normalized spacial score (nSPS) is 9.32. The Balaban J connectivity index is -0.000000356. The molecule has 0 aliphatic rings. The molecule has 200 valence electrons. The first kappa shape index (κ1) is 40.1. The van der Waals surface area contributed by atoms with Gasteiger partial charge in [0.15, 0.2) is 0 Å². The molecule has 34 heavy (non-hydrogen) atoms. The number of para-hydroxylation sites is 1. The first-order chi connectivity index (χ1) is 15.7. The van der Waals surface area contributed by atoms with Crippen LogP contribution in [0.3, 0.4) is 0 Å². The van der Waals surface area contributed by atoms with Gasteiger partial charge in [0.05, 0.1) is 4.47 Å². The highest BCUT2D eigenvalue weighted by atomic mass is 79.9. The lowest BCUT2D eigenvalue weighted by Gasteiger charge is -2.18. The molecule has 1 unspecified atom stereocenters. The van der Waals surface area contributed by atoms with E-state index in [0.717, 1.165) is 16.1 Å². The van der Waals surface area contributed by atoms with Crippen molar-refractivity contribution < 1.29 is 17.2 Å². The van der Waals surface area contributed by atoms with Gasteiger partial charge in [-0.25, -0.2) is 17.2 Å². The maximum atomic E-state index is 13.8. The molecule has 4 nitrogen and oxygen atoms in total. The molecule has 0 fully saturated rings. The number of nitrogens with one attached hydrogen (secondary N) is 1. The van der Waals surface area contributed by atoms with Gasteiger partial charge in [-0.2, -0.15) is 14.2 Å². The summed E-state index contributed by atoms with van der Waals surface area (Å²) in [5, 5.41) is 3.07. The second kappa shape index (κ2) is 25.0. The fourth-order valence-electron chi connectivity index (χ4n) is 1.90. The van der Waals surface area contributed by atoms with Crippen LogP contribution in [0.1, 0.15) is 68.2 Å². The Morgan fingerprint density at radius 2 is 1.35 bits per heavy atom. The van der Waals surface area contributed by atoms with Gasteiger partial charge in [-0.1, -0.05) is 86.4 Å². The predicted molar refractivity (Wildman–Crippen MR) is 155 cm³/mol. The summed E-state index contributed by atoms with van der Waals surface area (Å²) in [7, 11) is -2.70. The second-order valence-corrected chi connectivity index (χ2v) is 8.68. The minimum absolute atomic E-state index is 0. The number of rotatable bonds is 7. The number of sulfonamides is 1. The van der Waals surface area contributed by atoms with Crippen molar-refractivity contribution >= 4 is 41.5 Å². The monoisotopic (exact) mass is 586 g/mol. The van der Waals surface area contributed by atoms with Gasteiger partial charge in [-0.15, -0.1) is 0 Å². The van der Waals surface area contributed by atoms with Crippen LogP contribution in [0.4, 0.5) is 14.5 Å². The van der Waals surface area contributed by atoms with E-state index in [9.17, 15) is 17.2 Å². The van der Waals surface area contributed by atoms with Crippen molar-refractivity contribution in [2.24, 2.45) is 0 Å². The van der Waals surface area contributed by atoms with Gasteiger partial charge in [-0.05, 0) is 34.1 Å². The van der Waals surface area contributed by atoms with E-state index < -0.39 is 26.6 Å². The molecular formula is C25H46BrF2N2O2PS. The van der Waals surface area contributed by atoms with Crippen molar-refractivity contribution in [1.82, 2.24) is 4.31 Å². The Kier molecular flexibility index (Phi) is 29.5. The van der Waals surface area contributed by atoms with Crippen LogP contribution >= 0.6 is 25.8 Å². The molecule has 0 heterocycles. The molecule has 0 amide bonds. The van der Waals surface area contributed by atoms with Gasteiger partial charge < -0.3 is 5.32 Å². The number of halogens is 3. The molecule has 0 bridgehead atoms. The molecule has 1 atom stereocenters. The van der Waals surface area contributed by atoms with Crippen LogP contribution in [0.15, 0.2) is 51.8 Å². The standard InChI is InChI=1S/C15H15BrF2N2O2S.C4H10.3C2H6.H3P/c1-20(8-7-19-11-5-3-2-4-6-11)23(21,22)15-9-12(16)13(17)10-14(15)18;1-3-4-2;3*1-2;/h2-6,9-10,19H,7-8H2,1H3;3-4H2,1-2H3;3*1-2H3;1H3. The number of likely N-dealkylation sites (N-methyl/N-ethyl adjacent to an activating group) is 1. The Labute approximate surface area is 219 Å². The number of nitrogens with zero attached hydrogens (tertiary/aromatic N) is 1. The van der Waals surface area contributed by atoms with Crippen molar-refractivity contribution in [2.45, 2.75) is 73.1 Å². The largest absolute Gasteiger partial charge is 0.384 e. The molecule has 0 aliphatic carbocycles. The van der Waals surface area contributed by atoms with Crippen LogP contribution in [0.25, 0.3) is 0 Å². The average molecular weight is 588 g/mol. The molecule has 0 spiro atoms. The quantitative estimate of drug-likeness (QED) is 0.261. The lowest BCUT2D eigenvalue weighted by atomic mass is 10.3. The minimum Gasteiger partial charge on any atom is -0.384 e. The zero-order valence-electron chi connectivity index (χ0n) is 22.4. The summed E-state index contributed by atoms with van der Waals surface area (Å²) in [6.07, 6.45) is 2.64. The van der Waals surface area contributed by atoms with Crippen molar-refractivity contribution in [3.8, 4) is 0 Å². The smallest absolute Gasteiger partial charge is 0.245 e. The molecule has 2 aromatic rings. The summed E-state index contributed by atoms with van der Waals surface area (Å²) in [4.78, 5) is -0.562. The molecule has 0 radical (unpaired) electrons. The van der Waals surface area contributed by atoms with Crippen LogP contribution in [-0.2, 0) is 10.0 Å². The van der Waals surface area contributed by atoms with E-state index in [4.69, 9.17) is 0 Å². The number of benzene rings is 2. The highest BCUT2D eigenvalue weighted by Gasteiger charge is 2.25. The lowest BCUT2D eigenvalue weighted by molar-refractivity contribution is 0.470. The predicted octanol–water partition coefficient (Wildman–Crippen LogP) is 8.40. The first-order valence-electron chi connectivity index (χ1n) is 11.6. The maximum Gasteiger partial charge on any atom is 0.245 e. The van der Waals surface area contributed by atoms with Crippen molar-refractivity contribution in [3.63, 3.8) is 0 Å².